The van der Waals surface area contributed by atoms with E-state index in [2.05, 4.69) is 4.58 Å². The van der Waals surface area contributed by atoms with Crippen LogP contribution >= 0.6 is 38.9 Å². The van der Waals surface area contributed by atoms with Gasteiger partial charge in [-0.15, -0.1) is 4.91 Å². The Morgan fingerprint density at radius 2 is 2.11 bits per heavy atom. The van der Waals surface area contributed by atoms with Gasteiger partial charge in [-0.05, 0) is 12.8 Å². The van der Waals surface area contributed by atoms with Gasteiger partial charge in [-0.1, -0.05) is 6.92 Å². The minimum absolute atomic E-state index is 0. The molecule has 1 rings (SSSR count). The number of rotatable bonds is 5. The number of nitrogens with zero attached hydrogens (tertiary/aromatic N) is 2. The third-order valence-electron chi connectivity index (χ3n) is 2.62. The van der Waals surface area contributed by atoms with Gasteiger partial charge < -0.3 is 10.0 Å². The Morgan fingerprint density at radius 1 is 1.50 bits per heavy atom. The molecule has 0 radical (unpaired) electrons. The second kappa shape index (κ2) is 9.51. The zero-order chi connectivity index (χ0) is 12.1. The molecule has 1 aliphatic heterocycles. The monoisotopic (exact) mass is 314 g/mol. The van der Waals surface area contributed by atoms with Crippen molar-refractivity contribution in [2.45, 2.75) is 25.8 Å². The molecule has 6 nitrogen and oxygen atoms in total. The summed E-state index contributed by atoms with van der Waals surface area (Å²) in [6.45, 7) is 2.16. The summed E-state index contributed by atoms with van der Waals surface area (Å²) in [5.41, 5.74) is 0. The predicted molar refractivity (Wildman–Crippen MR) is 80.5 cm³/mol. The van der Waals surface area contributed by atoms with E-state index in [0.29, 0.717) is 25.1 Å². The molecule has 1 fully saturated rings. The molecule has 0 spiro atoms. The number of hydrogen-bond donors (Lipinski definition) is 1. The largest absolute Gasteiger partial charge is 0.480 e. The van der Waals surface area contributed by atoms with Crippen LogP contribution in [-0.2, 0) is 9.59 Å². The number of hydrogen-bond acceptors (Lipinski definition) is 5. The van der Waals surface area contributed by atoms with Crippen molar-refractivity contribution in [1.29, 1.82) is 0 Å². The summed E-state index contributed by atoms with van der Waals surface area (Å²) in [4.78, 5) is 34.1. The van der Waals surface area contributed by atoms with Gasteiger partial charge in [0, 0.05) is 34.7 Å². The molecule has 2 unspecified atom stereocenters. The summed E-state index contributed by atoms with van der Waals surface area (Å²) in [7, 11) is 0. The summed E-state index contributed by atoms with van der Waals surface area (Å²) >= 11 is 0.787. The van der Waals surface area contributed by atoms with Crippen molar-refractivity contribution in [3.63, 3.8) is 0 Å². The standard InChI is InChI=1S/C9H14N2O4S.2H2S/c1-6(5-16-10-15)8(12)11-4-2-3-7(11)9(13)14;;/h6-7H,2-5H2,1H3,(H,13,14);2*1H2. The summed E-state index contributed by atoms with van der Waals surface area (Å²) < 4.78 is 2.62. The Bertz CT molecular complexity index is 304. The Balaban J connectivity index is 0. The predicted octanol–water partition coefficient (Wildman–Crippen LogP) is 1.34. The molecule has 1 aliphatic rings. The molecule has 1 saturated heterocycles. The highest BCUT2D eigenvalue weighted by Gasteiger charge is 2.35. The van der Waals surface area contributed by atoms with E-state index in [4.69, 9.17) is 5.11 Å². The van der Waals surface area contributed by atoms with E-state index in [-0.39, 0.29) is 38.8 Å². The van der Waals surface area contributed by atoms with E-state index in [1.54, 1.807) is 6.92 Å². The first-order valence-electron chi connectivity index (χ1n) is 5.05. The smallest absolute Gasteiger partial charge is 0.326 e. The van der Waals surface area contributed by atoms with Crippen LogP contribution in [0.25, 0.3) is 0 Å². The lowest BCUT2D eigenvalue weighted by atomic mass is 10.1. The van der Waals surface area contributed by atoms with Crippen LogP contribution in [0.3, 0.4) is 0 Å². The first-order valence-corrected chi connectivity index (χ1v) is 6.00. The van der Waals surface area contributed by atoms with Crippen LogP contribution in [0.15, 0.2) is 4.58 Å². The summed E-state index contributed by atoms with van der Waals surface area (Å²) in [5, 5.41) is 8.92. The fourth-order valence-electron chi connectivity index (χ4n) is 1.78. The van der Waals surface area contributed by atoms with Crippen molar-refractivity contribution in [2.75, 3.05) is 12.3 Å². The molecular weight excluding hydrogens is 296 g/mol. The minimum atomic E-state index is -0.959. The fourth-order valence-corrected chi connectivity index (χ4v) is 2.21. The topological polar surface area (TPSA) is 87.0 Å². The van der Waals surface area contributed by atoms with Crippen LogP contribution < -0.4 is 0 Å². The molecule has 18 heavy (non-hydrogen) atoms. The van der Waals surface area contributed by atoms with Gasteiger partial charge in [-0.25, -0.2) is 4.79 Å². The normalized spacial score (nSPS) is 19.4. The Kier molecular flexibility index (Phi) is 10.5. The summed E-state index contributed by atoms with van der Waals surface area (Å²) in [6, 6.07) is -0.704. The van der Waals surface area contributed by atoms with Crippen molar-refractivity contribution in [1.82, 2.24) is 4.90 Å². The van der Waals surface area contributed by atoms with Crippen LogP contribution in [-0.4, -0.2) is 40.2 Å². The average Bonchev–Trinajstić information content (AvgIpc) is 2.73. The molecule has 106 valence electrons. The fraction of sp³-hybridized carbons (Fsp3) is 0.778. The zero-order valence-electron chi connectivity index (χ0n) is 9.96. The molecule has 9 heteroatoms. The van der Waals surface area contributed by atoms with Gasteiger partial charge in [-0.2, -0.15) is 27.0 Å². The number of nitroso groups, excluding NO2 is 1. The first kappa shape index (κ1) is 19.9. The maximum Gasteiger partial charge on any atom is 0.326 e. The molecule has 0 bridgehead atoms. The van der Waals surface area contributed by atoms with Gasteiger partial charge in [-0.3, -0.25) is 4.79 Å². The van der Waals surface area contributed by atoms with E-state index in [9.17, 15) is 14.5 Å². The van der Waals surface area contributed by atoms with Crippen molar-refractivity contribution < 1.29 is 14.7 Å². The number of carboxylic acid groups (broad SMARTS) is 1. The number of carbonyl (C=O) groups excluding carboxylic acids is 1. The molecule has 0 aromatic carbocycles. The third-order valence-corrected chi connectivity index (χ3v) is 3.37. The Labute approximate surface area is 124 Å². The number of likely N-dealkylation sites (tertiary alicyclic amines) is 1. The summed E-state index contributed by atoms with van der Waals surface area (Å²) in [5.74, 6) is -1.24. The molecule has 0 aromatic rings. The SMILES string of the molecule is CC(CSN=O)C(=O)N1CCCC1C(=O)O.S.S. The molecule has 0 saturated carbocycles. The van der Waals surface area contributed by atoms with Crippen molar-refractivity contribution in [3.8, 4) is 0 Å². The van der Waals surface area contributed by atoms with Gasteiger partial charge in [0.1, 0.15) is 6.04 Å². The van der Waals surface area contributed by atoms with Gasteiger partial charge in [0.25, 0.3) is 0 Å². The number of amides is 1. The van der Waals surface area contributed by atoms with Gasteiger partial charge in [0.05, 0.1) is 0 Å². The lowest BCUT2D eigenvalue weighted by molar-refractivity contribution is -0.149. The minimum Gasteiger partial charge on any atom is -0.480 e. The van der Waals surface area contributed by atoms with Crippen molar-refractivity contribution in [3.05, 3.63) is 4.91 Å². The van der Waals surface area contributed by atoms with E-state index >= 15 is 0 Å². The van der Waals surface area contributed by atoms with E-state index in [1.807, 2.05) is 0 Å². The highest BCUT2D eigenvalue weighted by molar-refractivity contribution is 7.97. The molecule has 1 heterocycles. The quantitative estimate of drug-likeness (QED) is 0.611. The van der Waals surface area contributed by atoms with E-state index in [0.717, 1.165) is 11.9 Å². The van der Waals surface area contributed by atoms with Crippen LogP contribution in [0.5, 0.6) is 0 Å². The van der Waals surface area contributed by atoms with Gasteiger partial charge in [0.15, 0.2) is 0 Å². The highest BCUT2D eigenvalue weighted by atomic mass is 32.2. The number of carboxylic acids is 1. The third kappa shape index (κ3) is 5.07. The van der Waals surface area contributed by atoms with Crippen LogP contribution in [0.1, 0.15) is 19.8 Å². The van der Waals surface area contributed by atoms with Gasteiger partial charge >= 0.3 is 5.97 Å². The molecular formula is C9H18N2O4S3. The maximum absolute atomic E-state index is 11.9. The zero-order valence-corrected chi connectivity index (χ0v) is 12.8. The average molecular weight is 314 g/mol. The molecule has 1 N–H and O–H groups in total. The Hall–Kier alpha value is -0.410. The lowest BCUT2D eigenvalue weighted by Gasteiger charge is -2.24. The van der Waals surface area contributed by atoms with Crippen LogP contribution in [0.2, 0.25) is 0 Å². The van der Waals surface area contributed by atoms with Gasteiger partial charge in [0.2, 0.25) is 5.91 Å². The second-order valence-electron chi connectivity index (χ2n) is 3.80. The first-order chi connectivity index (χ1) is 7.57. The maximum atomic E-state index is 11.9. The van der Waals surface area contributed by atoms with Crippen molar-refractivity contribution >= 4 is 50.8 Å². The lowest BCUT2D eigenvalue weighted by Crippen LogP contribution is -2.43. The van der Waals surface area contributed by atoms with Crippen molar-refractivity contribution in [2.24, 2.45) is 10.5 Å². The summed E-state index contributed by atoms with van der Waals surface area (Å²) in [6.07, 6.45) is 1.22. The molecule has 0 aromatic heterocycles. The Morgan fingerprint density at radius 3 is 2.61 bits per heavy atom. The number of aliphatic carboxylic acids is 1. The molecule has 0 aliphatic carbocycles. The highest BCUT2D eigenvalue weighted by Crippen LogP contribution is 2.21. The van der Waals surface area contributed by atoms with E-state index < -0.39 is 12.0 Å². The number of carbonyl (C=O) groups is 2. The van der Waals surface area contributed by atoms with Crippen LogP contribution in [0, 0.1) is 10.8 Å². The van der Waals surface area contributed by atoms with Crippen LogP contribution in [0.4, 0.5) is 0 Å². The second-order valence-corrected chi connectivity index (χ2v) is 4.54. The molecule has 2 atom stereocenters. The van der Waals surface area contributed by atoms with E-state index in [1.165, 1.54) is 4.90 Å². The molecule has 1 amide bonds.